The fraction of sp³-hybridized carbons (Fsp3) is 0.250. The standard InChI is InChI=1S/C16H16FN3/c1-2-9-16(12-18,13-4-3-10-19-11-13)20-15-7-5-14(17)6-8-15/h3-8,10-11,20H,2,9H2,1H3. The van der Waals surface area contributed by atoms with Crippen molar-refractivity contribution in [2.24, 2.45) is 0 Å². The van der Waals surface area contributed by atoms with E-state index < -0.39 is 5.54 Å². The summed E-state index contributed by atoms with van der Waals surface area (Å²) >= 11 is 0. The van der Waals surface area contributed by atoms with Crippen molar-refractivity contribution in [3.05, 3.63) is 60.2 Å². The van der Waals surface area contributed by atoms with Crippen LogP contribution in [-0.2, 0) is 5.54 Å². The second kappa shape index (κ2) is 6.16. The van der Waals surface area contributed by atoms with Crippen LogP contribution in [0.2, 0.25) is 0 Å². The quantitative estimate of drug-likeness (QED) is 0.896. The van der Waals surface area contributed by atoms with Gasteiger partial charge < -0.3 is 5.32 Å². The van der Waals surface area contributed by atoms with E-state index in [0.29, 0.717) is 12.1 Å². The number of benzene rings is 1. The number of aromatic nitrogens is 1. The van der Waals surface area contributed by atoms with Gasteiger partial charge in [-0.3, -0.25) is 4.98 Å². The number of hydrogen-bond acceptors (Lipinski definition) is 3. The van der Waals surface area contributed by atoms with Gasteiger partial charge >= 0.3 is 0 Å². The maximum Gasteiger partial charge on any atom is 0.152 e. The Kier molecular flexibility index (Phi) is 4.31. The lowest BCUT2D eigenvalue weighted by Crippen LogP contribution is -2.33. The summed E-state index contributed by atoms with van der Waals surface area (Å²) in [6.07, 6.45) is 4.86. The topological polar surface area (TPSA) is 48.7 Å². The van der Waals surface area contributed by atoms with Crippen molar-refractivity contribution in [1.82, 2.24) is 4.98 Å². The van der Waals surface area contributed by atoms with Gasteiger partial charge in [0.2, 0.25) is 0 Å². The molecule has 3 nitrogen and oxygen atoms in total. The summed E-state index contributed by atoms with van der Waals surface area (Å²) in [5.74, 6) is -0.296. The summed E-state index contributed by atoms with van der Waals surface area (Å²) < 4.78 is 13.0. The summed E-state index contributed by atoms with van der Waals surface area (Å²) in [4.78, 5) is 4.09. The Labute approximate surface area is 118 Å². The Hall–Kier alpha value is -2.41. The van der Waals surface area contributed by atoms with Gasteiger partial charge in [-0.05, 0) is 36.8 Å². The third-order valence-electron chi connectivity index (χ3n) is 3.17. The molecule has 1 N–H and O–H groups in total. The number of nitrogens with zero attached hydrogens (tertiary/aromatic N) is 2. The molecule has 1 unspecified atom stereocenters. The SMILES string of the molecule is CCCC(C#N)(Nc1ccc(F)cc1)c1cccnc1. The van der Waals surface area contributed by atoms with Gasteiger partial charge in [-0.1, -0.05) is 19.4 Å². The molecule has 20 heavy (non-hydrogen) atoms. The van der Waals surface area contributed by atoms with E-state index in [2.05, 4.69) is 16.4 Å². The first-order chi connectivity index (χ1) is 9.70. The highest BCUT2D eigenvalue weighted by molar-refractivity contribution is 5.50. The van der Waals surface area contributed by atoms with E-state index in [1.165, 1.54) is 12.1 Å². The Morgan fingerprint density at radius 2 is 2.05 bits per heavy atom. The molecule has 1 heterocycles. The average molecular weight is 269 g/mol. The molecule has 0 amide bonds. The lowest BCUT2D eigenvalue weighted by Gasteiger charge is -2.29. The molecule has 0 aliphatic carbocycles. The van der Waals surface area contributed by atoms with Crippen molar-refractivity contribution >= 4 is 5.69 Å². The Morgan fingerprint density at radius 1 is 1.30 bits per heavy atom. The lowest BCUT2D eigenvalue weighted by atomic mass is 9.87. The summed E-state index contributed by atoms with van der Waals surface area (Å²) in [6.45, 7) is 2.02. The molecule has 0 spiro atoms. The van der Waals surface area contributed by atoms with E-state index in [9.17, 15) is 9.65 Å². The van der Waals surface area contributed by atoms with Gasteiger partial charge in [-0.2, -0.15) is 5.26 Å². The molecular formula is C16H16FN3. The first-order valence-electron chi connectivity index (χ1n) is 6.56. The molecule has 102 valence electrons. The first-order valence-corrected chi connectivity index (χ1v) is 6.56. The highest BCUT2D eigenvalue weighted by Crippen LogP contribution is 2.30. The number of hydrogen-bond donors (Lipinski definition) is 1. The van der Waals surface area contributed by atoms with Crippen LogP contribution in [0.3, 0.4) is 0 Å². The van der Waals surface area contributed by atoms with Gasteiger partial charge in [0.1, 0.15) is 5.82 Å². The largest absolute Gasteiger partial charge is 0.364 e. The zero-order valence-corrected chi connectivity index (χ0v) is 11.3. The minimum atomic E-state index is -0.846. The Bertz CT molecular complexity index is 589. The van der Waals surface area contributed by atoms with Gasteiger partial charge in [-0.15, -0.1) is 0 Å². The van der Waals surface area contributed by atoms with Crippen LogP contribution in [0, 0.1) is 17.1 Å². The highest BCUT2D eigenvalue weighted by Gasteiger charge is 2.31. The highest BCUT2D eigenvalue weighted by atomic mass is 19.1. The molecule has 0 aliphatic rings. The zero-order chi connectivity index (χ0) is 14.4. The molecular weight excluding hydrogens is 253 g/mol. The molecule has 2 rings (SSSR count). The van der Waals surface area contributed by atoms with E-state index in [-0.39, 0.29) is 5.82 Å². The Balaban J connectivity index is 2.37. The normalized spacial score (nSPS) is 13.2. The smallest absolute Gasteiger partial charge is 0.152 e. The molecule has 0 saturated carbocycles. The number of halogens is 1. The zero-order valence-electron chi connectivity index (χ0n) is 11.3. The van der Waals surface area contributed by atoms with Crippen LogP contribution >= 0.6 is 0 Å². The molecule has 1 atom stereocenters. The molecule has 2 aromatic rings. The molecule has 1 aromatic carbocycles. The van der Waals surface area contributed by atoms with E-state index in [1.54, 1.807) is 24.5 Å². The second-order valence-corrected chi connectivity index (χ2v) is 4.64. The fourth-order valence-corrected chi connectivity index (χ4v) is 2.20. The van der Waals surface area contributed by atoms with Crippen molar-refractivity contribution < 1.29 is 4.39 Å². The van der Waals surface area contributed by atoms with E-state index >= 15 is 0 Å². The number of anilines is 1. The van der Waals surface area contributed by atoms with Gasteiger partial charge in [0.15, 0.2) is 5.54 Å². The van der Waals surface area contributed by atoms with Crippen LogP contribution in [0.5, 0.6) is 0 Å². The van der Waals surface area contributed by atoms with E-state index in [0.717, 1.165) is 12.0 Å². The third kappa shape index (κ3) is 2.94. The minimum absolute atomic E-state index is 0.296. The molecule has 1 aromatic heterocycles. The summed E-state index contributed by atoms with van der Waals surface area (Å²) in [5, 5.41) is 12.9. The lowest BCUT2D eigenvalue weighted by molar-refractivity contribution is 0.556. The van der Waals surface area contributed by atoms with Gasteiger partial charge in [0.05, 0.1) is 6.07 Å². The van der Waals surface area contributed by atoms with Crippen LogP contribution in [-0.4, -0.2) is 4.98 Å². The summed E-state index contributed by atoms with van der Waals surface area (Å²) in [5.41, 5.74) is 0.680. The number of pyridine rings is 1. The molecule has 0 saturated heterocycles. The third-order valence-corrected chi connectivity index (χ3v) is 3.17. The number of nitrogens with one attached hydrogen (secondary N) is 1. The molecule has 0 aliphatic heterocycles. The van der Waals surface area contributed by atoms with Gasteiger partial charge in [0, 0.05) is 23.6 Å². The maximum absolute atomic E-state index is 13.0. The molecule has 0 radical (unpaired) electrons. The van der Waals surface area contributed by atoms with Gasteiger partial charge in [0.25, 0.3) is 0 Å². The number of rotatable bonds is 5. The van der Waals surface area contributed by atoms with Crippen LogP contribution < -0.4 is 5.32 Å². The molecule has 4 heteroatoms. The van der Waals surface area contributed by atoms with Crippen molar-refractivity contribution in [1.29, 1.82) is 5.26 Å². The fourth-order valence-electron chi connectivity index (χ4n) is 2.20. The second-order valence-electron chi connectivity index (χ2n) is 4.64. The minimum Gasteiger partial charge on any atom is -0.364 e. The first kappa shape index (κ1) is 14.0. The molecule has 0 bridgehead atoms. The van der Waals surface area contributed by atoms with Crippen molar-refractivity contribution in [2.45, 2.75) is 25.3 Å². The van der Waals surface area contributed by atoms with Gasteiger partial charge in [-0.25, -0.2) is 4.39 Å². The van der Waals surface area contributed by atoms with Crippen LogP contribution in [0.15, 0.2) is 48.8 Å². The summed E-state index contributed by atoms with van der Waals surface area (Å²) in [7, 11) is 0. The predicted octanol–water partition coefficient (Wildman–Crippen LogP) is 3.85. The van der Waals surface area contributed by atoms with Crippen molar-refractivity contribution in [3.63, 3.8) is 0 Å². The Morgan fingerprint density at radius 3 is 2.60 bits per heavy atom. The predicted molar refractivity (Wildman–Crippen MR) is 76.5 cm³/mol. The average Bonchev–Trinajstić information content (AvgIpc) is 2.50. The van der Waals surface area contributed by atoms with E-state index in [1.807, 2.05) is 19.1 Å². The van der Waals surface area contributed by atoms with Crippen LogP contribution in [0.1, 0.15) is 25.3 Å². The van der Waals surface area contributed by atoms with Crippen LogP contribution in [0.4, 0.5) is 10.1 Å². The monoisotopic (exact) mass is 269 g/mol. The maximum atomic E-state index is 13.0. The summed E-state index contributed by atoms with van der Waals surface area (Å²) in [6, 6.07) is 12.1. The molecule has 0 fully saturated rings. The van der Waals surface area contributed by atoms with E-state index in [4.69, 9.17) is 0 Å². The van der Waals surface area contributed by atoms with Crippen LogP contribution in [0.25, 0.3) is 0 Å². The number of nitriles is 1. The van der Waals surface area contributed by atoms with Crippen molar-refractivity contribution in [3.8, 4) is 6.07 Å². The van der Waals surface area contributed by atoms with Crippen molar-refractivity contribution in [2.75, 3.05) is 5.32 Å².